The van der Waals surface area contributed by atoms with Gasteiger partial charge in [0.2, 0.25) is 0 Å². The van der Waals surface area contributed by atoms with Gasteiger partial charge < -0.3 is 10.6 Å². The van der Waals surface area contributed by atoms with Gasteiger partial charge in [-0.3, -0.25) is 4.79 Å². The molecule has 1 aromatic heterocycles. The summed E-state index contributed by atoms with van der Waals surface area (Å²) >= 11 is 0. The second-order valence-corrected chi connectivity index (χ2v) is 6.12. The Bertz CT molecular complexity index is 645. The van der Waals surface area contributed by atoms with E-state index in [1.807, 2.05) is 32.0 Å². The normalized spacial score (nSPS) is 10.7. The van der Waals surface area contributed by atoms with E-state index < -0.39 is 0 Å². The van der Waals surface area contributed by atoms with Gasteiger partial charge in [-0.1, -0.05) is 32.0 Å². The van der Waals surface area contributed by atoms with E-state index in [-0.39, 0.29) is 5.91 Å². The summed E-state index contributed by atoms with van der Waals surface area (Å²) in [6.07, 6.45) is 4.16. The summed E-state index contributed by atoms with van der Waals surface area (Å²) in [5, 5.41) is 6.12. The summed E-state index contributed by atoms with van der Waals surface area (Å²) in [4.78, 5) is 20.7. The van der Waals surface area contributed by atoms with Crippen molar-refractivity contribution in [1.82, 2.24) is 9.97 Å². The third-order valence-electron chi connectivity index (χ3n) is 3.63. The molecular weight excluding hydrogens is 288 g/mol. The average molecular weight is 312 g/mol. The molecule has 122 valence electrons. The number of para-hydroxylation sites is 1. The number of aromatic nitrogens is 2. The molecule has 0 aliphatic rings. The van der Waals surface area contributed by atoms with Crippen molar-refractivity contribution in [3.63, 3.8) is 0 Å². The first-order valence-electron chi connectivity index (χ1n) is 7.91. The lowest BCUT2D eigenvalue weighted by atomic mass is 10.1. The smallest absolute Gasteiger partial charge is 0.275 e. The Balaban J connectivity index is 2.00. The first-order chi connectivity index (χ1) is 11.0. The van der Waals surface area contributed by atoms with Crippen LogP contribution in [0, 0.1) is 19.8 Å². The van der Waals surface area contributed by atoms with Crippen molar-refractivity contribution >= 4 is 17.4 Å². The molecule has 0 bridgehead atoms. The van der Waals surface area contributed by atoms with E-state index >= 15 is 0 Å². The van der Waals surface area contributed by atoms with Crippen LogP contribution < -0.4 is 10.6 Å². The van der Waals surface area contributed by atoms with Crippen LogP contribution in [-0.2, 0) is 0 Å². The minimum absolute atomic E-state index is 0.247. The predicted molar refractivity (Wildman–Crippen MR) is 93.8 cm³/mol. The Morgan fingerprint density at radius 3 is 2.39 bits per heavy atom. The highest BCUT2D eigenvalue weighted by molar-refractivity contribution is 6.03. The number of carbonyl (C=O) groups excluding carboxylic acids is 1. The molecule has 0 saturated carbocycles. The molecule has 5 heteroatoms. The van der Waals surface area contributed by atoms with E-state index in [1.54, 1.807) is 6.20 Å². The molecule has 0 spiro atoms. The number of nitrogens with zero attached hydrogens (tertiary/aromatic N) is 2. The second-order valence-electron chi connectivity index (χ2n) is 6.12. The molecule has 0 aliphatic carbocycles. The van der Waals surface area contributed by atoms with E-state index in [1.165, 1.54) is 6.20 Å². The van der Waals surface area contributed by atoms with Gasteiger partial charge in [-0.15, -0.1) is 0 Å². The highest BCUT2D eigenvalue weighted by atomic mass is 16.1. The van der Waals surface area contributed by atoms with Gasteiger partial charge in [0, 0.05) is 12.2 Å². The molecular formula is C18H24N4O. The van der Waals surface area contributed by atoms with E-state index in [9.17, 15) is 4.79 Å². The zero-order valence-corrected chi connectivity index (χ0v) is 14.2. The Kier molecular flexibility index (Phi) is 5.68. The van der Waals surface area contributed by atoms with Crippen molar-refractivity contribution in [2.24, 2.45) is 5.92 Å². The Hall–Kier alpha value is -2.43. The third kappa shape index (κ3) is 4.77. The fourth-order valence-electron chi connectivity index (χ4n) is 2.21. The SMILES string of the molecule is Cc1cccc(C)c1NC(=O)c1cnc(NCCC(C)C)cn1. The van der Waals surface area contributed by atoms with Crippen LogP contribution in [0.1, 0.15) is 41.9 Å². The second kappa shape index (κ2) is 7.72. The van der Waals surface area contributed by atoms with Crippen LogP contribution in [0.4, 0.5) is 11.5 Å². The predicted octanol–water partition coefficient (Wildman–Crippen LogP) is 3.80. The zero-order chi connectivity index (χ0) is 16.8. The molecule has 2 N–H and O–H groups in total. The molecule has 0 fully saturated rings. The average Bonchev–Trinajstić information content (AvgIpc) is 2.51. The number of anilines is 2. The quantitative estimate of drug-likeness (QED) is 0.851. The Morgan fingerprint density at radius 1 is 1.13 bits per heavy atom. The van der Waals surface area contributed by atoms with E-state index in [2.05, 4.69) is 34.4 Å². The molecule has 0 saturated heterocycles. The summed E-state index contributed by atoms with van der Waals surface area (Å²) < 4.78 is 0. The fraction of sp³-hybridized carbons (Fsp3) is 0.389. The number of carbonyl (C=O) groups is 1. The van der Waals surface area contributed by atoms with Crippen molar-refractivity contribution in [3.05, 3.63) is 47.4 Å². The monoisotopic (exact) mass is 312 g/mol. The van der Waals surface area contributed by atoms with Crippen LogP contribution in [0.2, 0.25) is 0 Å². The largest absolute Gasteiger partial charge is 0.369 e. The van der Waals surface area contributed by atoms with Crippen LogP contribution in [0.3, 0.4) is 0 Å². The van der Waals surface area contributed by atoms with Crippen molar-refractivity contribution in [2.75, 3.05) is 17.2 Å². The first kappa shape index (κ1) is 16.9. The molecule has 0 aliphatic heterocycles. The van der Waals surface area contributed by atoms with Crippen LogP contribution in [-0.4, -0.2) is 22.4 Å². The Morgan fingerprint density at radius 2 is 1.83 bits per heavy atom. The minimum Gasteiger partial charge on any atom is -0.369 e. The number of rotatable bonds is 6. The Labute approximate surface area is 137 Å². The van der Waals surface area contributed by atoms with E-state index in [0.717, 1.165) is 29.8 Å². The molecule has 5 nitrogen and oxygen atoms in total. The number of hydrogen-bond acceptors (Lipinski definition) is 4. The maximum absolute atomic E-state index is 12.3. The van der Waals surface area contributed by atoms with Crippen LogP contribution in [0.15, 0.2) is 30.6 Å². The van der Waals surface area contributed by atoms with Gasteiger partial charge in [0.15, 0.2) is 0 Å². The molecule has 2 aromatic rings. The molecule has 0 unspecified atom stereocenters. The summed E-state index contributed by atoms with van der Waals surface area (Å²) in [6.45, 7) is 9.13. The molecule has 1 aromatic carbocycles. The summed E-state index contributed by atoms with van der Waals surface area (Å²) in [5.74, 6) is 1.08. The topological polar surface area (TPSA) is 66.9 Å². The lowest BCUT2D eigenvalue weighted by Gasteiger charge is -2.11. The van der Waals surface area contributed by atoms with Gasteiger partial charge in [-0.05, 0) is 37.3 Å². The highest BCUT2D eigenvalue weighted by Crippen LogP contribution is 2.20. The van der Waals surface area contributed by atoms with Crippen molar-refractivity contribution in [3.8, 4) is 0 Å². The van der Waals surface area contributed by atoms with E-state index in [0.29, 0.717) is 17.4 Å². The fourth-order valence-corrected chi connectivity index (χ4v) is 2.21. The van der Waals surface area contributed by atoms with Crippen molar-refractivity contribution in [1.29, 1.82) is 0 Å². The van der Waals surface area contributed by atoms with Crippen molar-refractivity contribution in [2.45, 2.75) is 34.1 Å². The molecule has 2 rings (SSSR count). The van der Waals surface area contributed by atoms with Gasteiger partial charge in [-0.2, -0.15) is 0 Å². The number of amides is 1. The summed E-state index contributed by atoms with van der Waals surface area (Å²) in [5.41, 5.74) is 3.19. The molecule has 1 amide bonds. The van der Waals surface area contributed by atoms with Crippen LogP contribution >= 0.6 is 0 Å². The maximum atomic E-state index is 12.3. The van der Waals surface area contributed by atoms with Gasteiger partial charge in [0.05, 0.1) is 12.4 Å². The molecule has 1 heterocycles. The zero-order valence-electron chi connectivity index (χ0n) is 14.2. The van der Waals surface area contributed by atoms with Gasteiger partial charge in [0.1, 0.15) is 11.5 Å². The molecule has 0 atom stereocenters. The van der Waals surface area contributed by atoms with E-state index in [4.69, 9.17) is 0 Å². The number of nitrogens with one attached hydrogen (secondary N) is 2. The molecule has 0 radical (unpaired) electrons. The number of hydrogen-bond donors (Lipinski definition) is 2. The number of benzene rings is 1. The van der Waals surface area contributed by atoms with Crippen LogP contribution in [0.25, 0.3) is 0 Å². The lowest BCUT2D eigenvalue weighted by Crippen LogP contribution is -2.16. The first-order valence-corrected chi connectivity index (χ1v) is 7.91. The van der Waals surface area contributed by atoms with Gasteiger partial charge in [-0.25, -0.2) is 9.97 Å². The minimum atomic E-state index is -0.247. The standard InChI is InChI=1S/C18H24N4O/c1-12(2)8-9-19-16-11-20-15(10-21-16)18(23)22-17-13(3)6-5-7-14(17)4/h5-7,10-12H,8-9H2,1-4H3,(H,19,21)(H,22,23). The molecule has 23 heavy (non-hydrogen) atoms. The van der Waals surface area contributed by atoms with Crippen molar-refractivity contribution < 1.29 is 4.79 Å². The lowest BCUT2D eigenvalue weighted by molar-refractivity contribution is 0.102. The van der Waals surface area contributed by atoms with Gasteiger partial charge >= 0.3 is 0 Å². The van der Waals surface area contributed by atoms with Crippen LogP contribution in [0.5, 0.6) is 0 Å². The highest BCUT2D eigenvalue weighted by Gasteiger charge is 2.11. The summed E-state index contributed by atoms with van der Waals surface area (Å²) in [7, 11) is 0. The third-order valence-corrected chi connectivity index (χ3v) is 3.63. The van der Waals surface area contributed by atoms with Gasteiger partial charge in [0.25, 0.3) is 5.91 Å². The maximum Gasteiger partial charge on any atom is 0.275 e. The summed E-state index contributed by atoms with van der Waals surface area (Å²) in [6, 6.07) is 5.91. The number of aryl methyl sites for hydroxylation is 2.